The van der Waals surface area contributed by atoms with Crippen LogP contribution in [0.4, 0.5) is 0 Å². The highest BCUT2D eigenvalue weighted by Gasteiger charge is 2.31. The number of carboxylic acids is 2. The molecule has 17 heteroatoms. The molecule has 13 N–H and O–H groups in total. The van der Waals surface area contributed by atoms with Crippen LogP contribution in [0.5, 0.6) is 0 Å². The van der Waals surface area contributed by atoms with Crippen molar-refractivity contribution in [2.75, 3.05) is 12.3 Å². The molecule has 0 radical (unpaired) electrons. The summed E-state index contributed by atoms with van der Waals surface area (Å²) in [6, 6.07) is -5.76. The van der Waals surface area contributed by atoms with Crippen molar-refractivity contribution in [3.8, 4) is 0 Å². The van der Waals surface area contributed by atoms with Crippen LogP contribution < -0.4 is 38.9 Å². The first-order valence-corrected chi connectivity index (χ1v) is 10.5. The Bertz CT molecular complexity index is 804. The fraction of sp³-hybridized carbons (Fsp3) is 0.588. The summed E-state index contributed by atoms with van der Waals surface area (Å²) in [5.41, 5.74) is 20.9. The zero-order chi connectivity index (χ0) is 26.4. The first-order chi connectivity index (χ1) is 15.8. The summed E-state index contributed by atoms with van der Waals surface area (Å²) in [4.78, 5) is 74.3. The second kappa shape index (κ2) is 15.3. The van der Waals surface area contributed by atoms with E-state index in [1.54, 1.807) is 0 Å². The van der Waals surface area contributed by atoms with Gasteiger partial charge in [-0.05, 0) is 12.8 Å². The highest BCUT2D eigenvalue weighted by molar-refractivity contribution is 7.80. The van der Waals surface area contributed by atoms with Gasteiger partial charge in [0.1, 0.15) is 18.1 Å². The number of nitrogens with two attached hydrogens (primary N) is 4. The quantitative estimate of drug-likeness (QED) is 0.0410. The van der Waals surface area contributed by atoms with Crippen LogP contribution in [-0.4, -0.2) is 88.2 Å². The van der Waals surface area contributed by atoms with Gasteiger partial charge in [0.15, 0.2) is 5.96 Å². The van der Waals surface area contributed by atoms with Crippen LogP contribution in [0.3, 0.4) is 0 Å². The molecule has 0 heterocycles. The number of hydrogen-bond donors (Lipinski definition) is 10. The molecule has 0 rings (SSSR count). The van der Waals surface area contributed by atoms with E-state index in [1.807, 2.05) is 0 Å². The molecule has 16 nitrogen and oxygen atoms in total. The number of amides is 4. The van der Waals surface area contributed by atoms with Crippen molar-refractivity contribution in [1.29, 1.82) is 0 Å². The van der Waals surface area contributed by atoms with E-state index in [-0.39, 0.29) is 31.1 Å². The van der Waals surface area contributed by atoms with Gasteiger partial charge in [-0.25, -0.2) is 4.79 Å². The Morgan fingerprint density at radius 3 is 1.82 bits per heavy atom. The summed E-state index contributed by atoms with van der Waals surface area (Å²) in [5.74, 6) is -7.09. The van der Waals surface area contributed by atoms with E-state index in [0.29, 0.717) is 0 Å². The van der Waals surface area contributed by atoms with Crippen molar-refractivity contribution in [1.82, 2.24) is 16.0 Å². The van der Waals surface area contributed by atoms with Gasteiger partial charge < -0.3 is 49.1 Å². The molecule has 4 unspecified atom stereocenters. The Hall–Kier alpha value is -3.60. The highest BCUT2D eigenvalue weighted by atomic mass is 32.1. The van der Waals surface area contributed by atoms with Crippen molar-refractivity contribution in [2.45, 2.75) is 49.9 Å². The minimum atomic E-state index is -1.57. The summed E-state index contributed by atoms with van der Waals surface area (Å²) in [5, 5.41) is 24.6. The van der Waals surface area contributed by atoms with Gasteiger partial charge in [0.25, 0.3) is 0 Å². The molecule has 0 saturated heterocycles. The van der Waals surface area contributed by atoms with Crippen LogP contribution in [0.15, 0.2) is 4.99 Å². The van der Waals surface area contributed by atoms with E-state index in [0.717, 1.165) is 0 Å². The molecule has 0 fully saturated rings. The number of nitrogens with zero attached hydrogens (tertiary/aromatic N) is 1. The number of primary amides is 1. The molecule has 34 heavy (non-hydrogen) atoms. The zero-order valence-corrected chi connectivity index (χ0v) is 19.0. The van der Waals surface area contributed by atoms with Gasteiger partial charge in [0.2, 0.25) is 23.6 Å². The summed E-state index contributed by atoms with van der Waals surface area (Å²) >= 11 is 3.93. The molecule has 4 atom stereocenters. The van der Waals surface area contributed by atoms with Gasteiger partial charge >= 0.3 is 11.9 Å². The van der Waals surface area contributed by atoms with Crippen molar-refractivity contribution in [2.24, 2.45) is 27.9 Å². The van der Waals surface area contributed by atoms with Gasteiger partial charge in [-0.3, -0.25) is 29.0 Å². The summed E-state index contributed by atoms with van der Waals surface area (Å²) in [6.07, 6.45) is -1.24. The van der Waals surface area contributed by atoms with Crippen LogP contribution in [0.1, 0.15) is 25.7 Å². The fourth-order valence-electron chi connectivity index (χ4n) is 2.47. The predicted octanol–water partition coefficient (Wildman–Crippen LogP) is -4.81. The zero-order valence-electron chi connectivity index (χ0n) is 18.1. The number of guanidine groups is 1. The van der Waals surface area contributed by atoms with E-state index < -0.39 is 72.6 Å². The Balaban J connectivity index is 5.27. The number of nitrogens with one attached hydrogen (secondary N) is 3. The third-order valence-corrected chi connectivity index (χ3v) is 4.51. The summed E-state index contributed by atoms with van der Waals surface area (Å²) < 4.78 is 0. The number of aliphatic imine (C=N–C) groups is 1. The second-order valence-corrected chi connectivity index (χ2v) is 7.39. The maximum atomic E-state index is 12.6. The average Bonchev–Trinajstić information content (AvgIpc) is 2.71. The van der Waals surface area contributed by atoms with E-state index in [9.17, 15) is 33.9 Å². The third kappa shape index (κ3) is 12.4. The Morgan fingerprint density at radius 1 is 0.824 bits per heavy atom. The van der Waals surface area contributed by atoms with Crippen LogP contribution in [0, 0.1) is 0 Å². The summed E-state index contributed by atoms with van der Waals surface area (Å²) in [6.45, 7) is 0.108. The number of carbonyl (C=O) groups is 6. The first kappa shape index (κ1) is 30.4. The van der Waals surface area contributed by atoms with Gasteiger partial charge in [0, 0.05) is 12.3 Å². The van der Waals surface area contributed by atoms with E-state index >= 15 is 0 Å². The Morgan fingerprint density at radius 2 is 1.35 bits per heavy atom. The van der Waals surface area contributed by atoms with E-state index in [4.69, 9.17) is 28.0 Å². The molecule has 4 amide bonds. The van der Waals surface area contributed by atoms with Crippen molar-refractivity contribution in [3.05, 3.63) is 0 Å². The van der Waals surface area contributed by atoms with Gasteiger partial charge in [-0.15, -0.1) is 0 Å². The molecule has 0 aliphatic heterocycles. The lowest BCUT2D eigenvalue weighted by molar-refractivity contribution is -0.142. The standard InChI is InChI=1S/C17H30N8O8S/c18-7(4-12(27)28)13(29)25-10(6-34)15(31)24-9(5-11(19)26)14(30)23-8(16(32)33)2-1-3-22-17(20)21/h7-10,34H,1-6,18H2,(H2,19,26)(H,23,30)(H,24,31)(H,25,29)(H,27,28)(H,32,33)(H4,20,21,22). The average molecular weight is 507 g/mol. The minimum Gasteiger partial charge on any atom is -0.481 e. The SMILES string of the molecule is NC(=O)CC(NC(=O)C(CS)NC(=O)C(N)CC(=O)O)C(=O)NC(CCCN=C(N)N)C(=O)O. The van der Waals surface area contributed by atoms with Crippen LogP contribution in [0.2, 0.25) is 0 Å². The second-order valence-electron chi connectivity index (χ2n) is 7.03. The summed E-state index contributed by atoms with van der Waals surface area (Å²) in [7, 11) is 0. The van der Waals surface area contributed by atoms with E-state index in [1.165, 1.54) is 0 Å². The molecule has 0 saturated carbocycles. The largest absolute Gasteiger partial charge is 0.481 e. The van der Waals surface area contributed by atoms with Gasteiger partial charge in [-0.1, -0.05) is 0 Å². The van der Waals surface area contributed by atoms with Crippen molar-refractivity contribution < 1.29 is 39.0 Å². The molecule has 0 spiro atoms. The Labute approximate surface area is 199 Å². The number of thiol groups is 1. The maximum absolute atomic E-state index is 12.6. The van der Waals surface area contributed by atoms with Crippen LogP contribution in [-0.2, 0) is 28.8 Å². The lowest BCUT2D eigenvalue weighted by atomic mass is 10.1. The van der Waals surface area contributed by atoms with Gasteiger partial charge in [-0.2, -0.15) is 12.6 Å². The third-order valence-electron chi connectivity index (χ3n) is 4.15. The smallest absolute Gasteiger partial charge is 0.326 e. The molecule has 0 aromatic carbocycles. The lowest BCUT2D eigenvalue weighted by Gasteiger charge is -2.23. The molecule has 0 aromatic rings. The fourth-order valence-corrected chi connectivity index (χ4v) is 2.73. The van der Waals surface area contributed by atoms with Crippen LogP contribution in [0.25, 0.3) is 0 Å². The highest BCUT2D eigenvalue weighted by Crippen LogP contribution is 2.02. The Kier molecular flexibility index (Phi) is 13.7. The predicted molar refractivity (Wildman–Crippen MR) is 121 cm³/mol. The normalized spacial score (nSPS) is 13.9. The molecule has 0 bridgehead atoms. The molecule has 0 aliphatic carbocycles. The molecular formula is C17H30N8O8S. The lowest BCUT2D eigenvalue weighted by Crippen LogP contribution is -2.58. The van der Waals surface area contributed by atoms with E-state index in [2.05, 4.69) is 33.6 Å². The van der Waals surface area contributed by atoms with Crippen molar-refractivity contribution >= 4 is 54.2 Å². The first-order valence-electron chi connectivity index (χ1n) is 9.84. The van der Waals surface area contributed by atoms with Gasteiger partial charge in [0.05, 0.1) is 18.9 Å². The van der Waals surface area contributed by atoms with Crippen molar-refractivity contribution in [3.63, 3.8) is 0 Å². The number of carbonyl (C=O) groups excluding carboxylic acids is 4. The molecule has 0 aliphatic rings. The number of carboxylic acid groups (broad SMARTS) is 2. The topological polar surface area (TPSA) is 295 Å². The molecule has 0 aromatic heterocycles. The number of aliphatic carboxylic acids is 2. The minimum absolute atomic E-state index is 0.0636. The number of hydrogen-bond acceptors (Lipinski definition) is 9. The monoisotopic (exact) mass is 506 g/mol. The molecular weight excluding hydrogens is 476 g/mol. The maximum Gasteiger partial charge on any atom is 0.326 e. The molecule has 192 valence electrons. The van der Waals surface area contributed by atoms with Crippen LogP contribution >= 0.6 is 12.6 Å². The number of rotatable bonds is 16.